The van der Waals surface area contributed by atoms with Crippen LogP contribution in [0.5, 0.6) is 0 Å². The summed E-state index contributed by atoms with van der Waals surface area (Å²) in [5.74, 6) is -0.502. The molecule has 9 heteroatoms. The van der Waals surface area contributed by atoms with Gasteiger partial charge in [-0.2, -0.15) is 13.2 Å². The molecule has 4 nitrogen and oxygen atoms in total. The average molecular weight is 329 g/mol. The van der Waals surface area contributed by atoms with Gasteiger partial charge >= 0.3 is 6.18 Å². The average Bonchev–Trinajstić information content (AvgIpc) is 3.03. The first-order valence-electron chi connectivity index (χ1n) is 5.63. The van der Waals surface area contributed by atoms with Gasteiger partial charge in [-0.25, -0.2) is 0 Å². The summed E-state index contributed by atoms with van der Waals surface area (Å²) in [5, 5.41) is 9.83. The maximum Gasteiger partial charge on any atom is 0.445 e. The van der Waals surface area contributed by atoms with Crippen LogP contribution in [0.4, 0.5) is 18.3 Å². The maximum atomic E-state index is 12.4. The second-order valence-corrected chi connectivity index (χ2v) is 5.90. The molecule has 2 heterocycles. The molecule has 3 aromatic rings. The number of benzene rings is 1. The number of carbonyl (C=O) groups excluding carboxylic acids is 1. The summed E-state index contributed by atoms with van der Waals surface area (Å²) in [4.78, 5) is 12.1. The van der Waals surface area contributed by atoms with E-state index in [0.717, 1.165) is 10.1 Å². The zero-order valence-corrected chi connectivity index (χ0v) is 11.8. The molecule has 1 amide bonds. The number of carbonyl (C=O) groups is 1. The molecular formula is C12H6F3N3OS2. The van der Waals surface area contributed by atoms with E-state index in [2.05, 4.69) is 15.5 Å². The number of alkyl halides is 3. The number of amides is 1. The lowest BCUT2D eigenvalue weighted by molar-refractivity contribution is -0.138. The van der Waals surface area contributed by atoms with Crippen molar-refractivity contribution in [2.45, 2.75) is 6.18 Å². The quantitative estimate of drug-likeness (QED) is 0.772. The van der Waals surface area contributed by atoms with Crippen molar-refractivity contribution in [3.63, 3.8) is 0 Å². The first-order chi connectivity index (χ1) is 9.95. The van der Waals surface area contributed by atoms with Crippen LogP contribution in [0, 0.1) is 0 Å². The molecule has 0 radical (unpaired) electrons. The summed E-state index contributed by atoms with van der Waals surface area (Å²) < 4.78 is 38.2. The van der Waals surface area contributed by atoms with Crippen LogP contribution in [0.2, 0.25) is 0 Å². The van der Waals surface area contributed by atoms with E-state index in [4.69, 9.17) is 0 Å². The highest BCUT2D eigenvalue weighted by molar-refractivity contribution is 7.17. The lowest BCUT2D eigenvalue weighted by Crippen LogP contribution is -2.10. The maximum absolute atomic E-state index is 12.4. The van der Waals surface area contributed by atoms with Crippen LogP contribution < -0.4 is 5.32 Å². The van der Waals surface area contributed by atoms with Crippen molar-refractivity contribution in [2.24, 2.45) is 0 Å². The normalized spacial score (nSPS) is 11.8. The van der Waals surface area contributed by atoms with Crippen molar-refractivity contribution < 1.29 is 18.0 Å². The summed E-state index contributed by atoms with van der Waals surface area (Å²) in [6.45, 7) is 0. The number of nitrogens with one attached hydrogen (secondary N) is 1. The second kappa shape index (κ2) is 5.08. The van der Waals surface area contributed by atoms with E-state index in [1.807, 2.05) is 12.1 Å². The molecule has 0 fully saturated rings. The molecule has 0 aliphatic heterocycles. The smallest absolute Gasteiger partial charge is 0.296 e. The van der Waals surface area contributed by atoms with Crippen LogP contribution in [0.15, 0.2) is 29.6 Å². The van der Waals surface area contributed by atoms with Gasteiger partial charge < -0.3 is 0 Å². The molecule has 21 heavy (non-hydrogen) atoms. The number of rotatable bonds is 2. The zero-order chi connectivity index (χ0) is 15.0. The van der Waals surface area contributed by atoms with Crippen molar-refractivity contribution in [3.05, 3.63) is 40.2 Å². The van der Waals surface area contributed by atoms with Gasteiger partial charge in [0, 0.05) is 15.5 Å². The van der Waals surface area contributed by atoms with E-state index in [-0.39, 0.29) is 5.13 Å². The molecule has 0 spiro atoms. The minimum absolute atomic E-state index is 0.178. The van der Waals surface area contributed by atoms with Gasteiger partial charge in [0.05, 0.1) is 5.56 Å². The highest BCUT2D eigenvalue weighted by Gasteiger charge is 2.35. The van der Waals surface area contributed by atoms with Crippen molar-refractivity contribution in [3.8, 4) is 0 Å². The largest absolute Gasteiger partial charge is 0.445 e. The Morgan fingerprint density at radius 2 is 1.95 bits per heavy atom. The Balaban J connectivity index is 1.85. The van der Waals surface area contributed by atoms with Gasteiger partial charge in [-0.1, -0.05) is 29.5 Å². The van der Waals surface area contributed by atoms with E-state index in [9.17, 15) is 18.0 Å². The fourth-order valence-electron chi connectivity index (χ4n) is 1.71. The lowest BCUT2D eigenvalue weighted by atomic mass is 10.2. The fraction of sp³-hybridized carbons (Fsp3) is 0.0833. The number of hydrogen-bond acceptors (Lipinski definition) is 5. The molecule has 0 aliphatic rings. The Morgan fingerprint density at radius 3 is 2.67 bits per heavy atom. The molecular weight excluding hydrogens is 323 g/mol. The van der Waals surface area contributed by atoms with Crippen molar-refractivity contribution in [1.82, 2.24) is 10.2 Å². The number of anilines is 1. The van der Waals surface area contributed by atoms with Crippen molar-refractivity contribution in [2.75, 3.05) is 5.32 Å². The van der Waals surface area contributed by atoms with Gasteiger partial charge in [0.25, 0.3) is 5.91 Å². The third-order valence-electron chi connectivity index (χ3n) is 2.61. The van der Waals surface area contributed by atoms with E-state index < -0.39 is 17.1 Å². The second-order valence-electron chi connectivity index (χ2n) is 4.01. The summed E-state index contributed by atoms with van der Waals surface area (Å²) in [5.41, 5.74) is 0.402. The monoisotopic (exact) mass is 329 g/mol. The van der Waals surface area contributed by atoms with Crippen LogP contribution in [-0.2, 0) is 6.18 Å². The van der Waals surface area contributed by atoms with Gasteiger partial charge in [0.15, 0.2) is 0 Å². The number of hydrogen-bond donors (Lipinski definition) is 1. The number of aromatic nitrogens is 2. The van der Waals surface area contributed by atoms with E-state index in [0.29, 0.717) is 16.9 Å². The molecule has 1 N–H and O–H groups in total. The third-order valence-corrected chi connectivity index (χ3v) is 4.46. The van der Waals surface area contributed by atoms with E-state index in [1.165, 1.54) is 11.3 Å². The van der Waals surface area contributed by atoms with Crippen LogP contribution in [-0.4, -0.2) is 16.1 Å². The minimum atomic E-state index is -4.56. The SMILES string of the molecule is O=C(Nc1nnc(C(F)(F)F)s1)c1csc2ccccc12. The Morgan fingerprint density at radius 1 is 1.19 bits per heavy atom. The Labute approximate surface area is 124 Å². The Kier molecular flexibility index (Phi) is 3.38. The molecule has 0 aliphatic carbocycles. The molecule has 1 aromatic carbocycles. The highest BCUT2D eigenvalue weighted by atomic mass is 32.1. The number of fused-ring (bicyclic) bond motifs is 1. The van der Waals surface area contributed by atoms with Gasteiger partial charge in [-0.3, -0.25) is 10.1 Å². The van der Waals surface area contributed by atoms with Crippen LogP contribution in [0.25, 0.3) is 10.1 Å². The van der Waals surface area contributed by atoms with Crippen molar-refractivity contribution >= 4 is 43.8 Å². The van der Waals surface area contributed by atoms with E-state index in [1.54, 1.807) is 17.5 Å². The Hall–Kier alpha value is -2.00. The zero-order valence-electron chi connectivity index (χ0n) is 10.1. The van der Waals surface area contributed by atoms with Gasteiger partial charge in [0.1, 0.15) is 0 Å². The summed E-state index contributed by atoms with van der Waals surface area (Å²) in [7, 11) is 0. The molecule has 2 aromatic heterocycles. The number of halogens is 3. The number of nitrogens with zero attached hydrogens (tertiary/aromatic N) is 2. The Bertz CT molecular complexity index is 809. The molecule has 0 unspecified atom stereocenters. The first kappa shape index (κ1) is 14.0. The number of thiophene rings is 1. The summed E-state index contributed by atoms with van der Waals surface area (Å²) >= 11 is 1.68. The third kappa shape index (κ3) is 2.74. The topological polar surface area (TPSA) is 54.9 Å². The van der Waals surface area contributed by atoms with Crippen LogP contribution in [0.1, 0.15) is 15.4 Å². The van der Waals surface area contributed by atoms with Crippen LogP contribution >= 0.6 is 22.7 Å². The van der Waals surface area contributed by atoms with Gasteiger partial charge in [-0.15, -0.1) is 21.5 Å². The molecule has 0 bridgehead atoms. The molecule has 3 rings (SSSR count). The predicted molar refractivity (Wildman–Crippen MR) is 74.7 cm³/mol. The van der Waals surface area contributed by atoms with E-state index >= 15 is 0 Å². The summed E-state index contributed by atoms with van der Waals surface area (Å²) in [6.07, 6.45) is -4.56. The standard InChI is InChI=1S/C12H6F3N3OS2/c13-12(14,15)10-17-18-11(21-10)16-9(19)7-5-20-8-4-2-1-3-6(7)8/h1-5H,(H,16,18,19). The molecule has 108 valence electrons. The van der Waals surface area contributed by atoms with Crippen molar-refractivity contribution in [1.29, 1.82) is 0 Å². The van der Waals surface area contributed by atoms with Gasteiger partial charge in [-0.05, 0) is 6.07 Å². The summed E-state index contributed by atoms with van der Waals surface area (Å²) in [6, 6.07) is 7.28. The molecule has 0 saturated carbocycles. The lowest BCUT2D eigenvalue weighted by Gasteiger charge is -2.00. The fourth-order valence-corrected chi connectivity index (χ4v) is 3.25. The molecule has 0 saturated heterocycles. The molecule has 0 atom stereocenters. The highest BCUT2D eigenvalue weighted by Crippen LogP contribution is 2.33. The van der Waals surface area contributed by atoms with Crippen LogP contribution in [0.3, 0.4) is 0 Å². The van der Waals surface area contributed by atoms with Gasteiger partial charge in [0.2, 0.25) is 10.1 Å². The first-order valence-corrected chi connectivity index (χ1v) is 7.33. The minimum Gasteiger partial charge on any atom is -0.296 e. The predicted octanol–water partition coefficient (Wildman–Crippen LogP) is 4.02.